The van der Waals surface area contributed by atoms with E-state index < -0.39 is 0 Å². The predicted octanol–water partition coefficient (Wildman–Crippen LogP) is 3.59. The molecule has 1 N–H and O–H groups in total. The zero-order valence-electron chi connectivity index (χ0n) is 14.5. The molecule has 2 aromatic carbocycles. The molecule has 0 unspecified atom stereocenters. The minimum Gasteiger partial charge on any atom is -0.493 e. The number of ether oxygens (including phenoxy) is 3. The molecule has 1 amide bonds. The molecule has 5 nitrogen and oxygen atoms in total. The number of nitrogens with one attached hydrogen (secondary N) is 1. The lowest BCUT2D eigenvalue weighted by molar-refractivity contribution is -0.118. The first-order chi connectivity index (χ1) is 11.6. The molecule has 128 valence electrons. The number of carbonyl (C=O) groups is 1. The summed E-state index contributed by atoms with van der Waals surface area (Å²) in [5.41, 5.74) is 2.94. The second-order valence-corrected chi connectivity index (χ2v) is 5.39. The van der Waals surface area contributed by atoms with Crippen molar-refractivity contribution in [2.75, 3.05) is 26.1 Å². The zero-order chi connectivity index (χ0) is 17.5. The van der Waals surface area contributed by atoms with E-state index in [1.54, 1.807) is 14.2 Å². The van der Waals surface area contributed by atoms with Crippen LogP contribution in [0.4, 0.5) is 5.69 Å². The fraction of sp³-hybridized carbons (Fsp3) is 0.316. The highest BCUT2D eigenvalue weighted by atomic mass is 16.5. The van der Waals surface area contributed by atoms with E-state index in [1.807, 2.05) is 43.3 Å². The Morgan fingerprint density at radius 3 is 2.12 bits per heavy atom. The number of rotatable bonds is 7. The van der Waals surface area contributed by atoms with Gasteiger partial charge < -0.3 is 19.5 Å². The Balaban J connectivity index is 2.03. The number of aryl methyl sites for hydroxylation is 2. The molecule has 0 heterocycles. The van der Waals surface area contributed by atoms with E-state index in [1.165, 1.54) is 5.56 Å². The fourth-order valence-electron chi connectivity index (χ4n) is 2.31. The maximum Gasteiger partial charge on any atom is 0.262 e. The summed E-state index contributed by atoms with van der Waals surface area (Å²) >= 11 is 0. The van der Waals surface area contributed by atoms with Crippen molar-refractivity contribution >= 4 is 11.6 Å². The van der Waals surface area contributed by atoms with Crippen LogP contribution in [0.25, 0.3) is 0 Å². The van der Waals surface area contributed by atoms with E-state index in [0.29, 0.717) is 17.2 Å². The van der Waals surface area contributed by atoms with Crippen molar-refractivity contribution < 1.29 is 19.0 Å². The van der Waals surface area contributed by atoms with Crippen molar-refractivity contribution in [2.24, 2.45) is 0 Å². The van der Waals surface area contributed by atoms with Gasteiger partial charge in [-0.05, 0) is 48.7 Å². The van der Waals surface area contributed by atoms with Gasteiger partial charge in [-0.15, -0.1) is 0 Å². The molecular weight excluding hydrogens is 306 g/mol. The van der Waals surface area contributed by atoms with Crippen LogP contribution in [0.5, 0.6) is 17.2 Å². The normalized spacial score (nSPS) is 10.2. The van der Waals surface area contributed by atoms with E-state index in [0.717, 1.165) is 17.7 Å². The van der Waals surface area contributed by atoms with Crippen molar-refractivity contribution in [3.8, 4) is 17.2 Å². The SMILES string of the molecule is CCc1ccc(NC(=O)COc2c(OC)cc(C)cc2OC)cc1. The highest BCUT2D eigenvalue weighted by molar-refractivity contribution is 5.91. The van der Waals surface area contributed by atoms with Gasteiger partial charge in [0, 0.05) is 5.69 Å². The molecule has 0 saturated heterocycles. The number of anilines is 1. The van der Waals surface area contributed by atoms with Crippen LogP contribution >= 0.6 is 0 Å². The number of amides is 1. The minimum atomic E-state index is -0.246. The molecule has 0 aliphatic carbocycles. The van der Waals surface area contributed by atoms with Crippen molar-refractivity contribution in [1.82, 2.24) is 0 Å². The van der Waals surface area contributed by atoms with Crippen LogP contribution in [0, 0.1) is 6.92 Å². The molecular formula is C19H23NO4. The topological polar surface area (TPSA) is 56.8 Å². The van der Waals surface area contributed by atoms with Crippen molar-refractivity contribution in [1.29, 1.82) is 0 Å². The van der Waals surface area contributed by atoms with Gasteiger partial charge in [0.05, 0.1) is 14.2 Å². The van der Waals surface area contributed by atoms with Gasteiger partial charge in [0.1, 0.15) is 0 Å². The average Bonchev–Trinajstić information content (AvgIpc) is 2.60. The van der Waals surface area contributed by atoms with E-state index in [-0.39, 0.29) is 12.5 Å². The van der Waals surface area contributed by atoms with Crippen molar-refractivity contribution in [3.63, 3.8) is 0 Å². The van der Waals surface area contributed by atoms with E-state index >= 15 is 0 Å². The molecule has 0 aliphatic heterocycles. The van der Waals surface area contributed by atoms with Crippen LogP contribution in [-0.2, 0) is 11.2 Å². The molecule has 2 aromatic rings. The Morgan fingerprint density at radius 1 is 1.04 bits per heavy atom. The molecule has 0 radical (unpaired) electrons. The first-order valence-corrected chi connectivity index (χ1v) is 7.81. The summed E-state index contributed by atoms with van der Waals surface area (Å²) in [6.45, 7) is 3.89. The molecule has 24 heavy (non-hydrogen) atoms. The summed E-state index contributed by atoms with van der Waals surface area (Å²) in [5.74, 6) is 1.24. The summed E-state index contributed by atoms with van der Waals surface area (Å²) in [7, 11) is 3.10. The van der Waals surface area contributed by atoms with Gasteiger partial charge in [-0.2, -0.15) is 0 Å². The van der Waals surface area contributed by atoms with Gasteiger partial charge in [-0.1, -0.05) is 19.1 Å². The van der Waals surface area contributed by atoms with Crippen molar-refractivity contribution in [2.45, 2.75) is 20.3 Å². The first-order valence-electron chi connectivity index (χ1n) is 7.81. The van der Waals surface area contributed by atoms with Crippen LogP contribution in [-0.4, -0.2) is 26.7 Å². The lowest BCUT2D eigenvalue weighted by Gasteiger charge is -2.15. The number of methoxy groups -OCH3 is 2. The minimum absolute atomic E-state index is 0.134. The van der Waals surface area contributed by atoms with E-state index in [9.17, 15) is 4.79 Å². The third-order valence-electron chi connectivity index (χ3n) is 3.60. The molecule has 0 aromatic heterocycles. The Hall–Kier alpha value is -2.69. The van der Waals surface area contributed by atoms with Gasteiger partial charge in [0.2, 0.25) is 5.75 Å². The highest BCUT2D eigenvalue weighted by Gasteiger charge is 2.14. The molecule has 0 fully saturated rings. The summed E-state index contributed by atoms with van der Waals surface area (Å²) in [6, 6.07) is 11.4. The Bertz CT molecular complexity index is 670. The summed E-state index contributed by atoms with van der Waals surface area (Å²) < 4.78 is 16.2. The second kappa shape index (κ2) is 8.24. The van der Waals surface area contributed by atoms with Crippen LogP contribution in [0.3, 0.4) is 0 Å². The quantitative estimate of drug-likeness (QED) is 0.843. The molecule has 0 spiro atoms. The summed E-state index contributed by atoms with van der Waals surface area (Å²) in [4.78, 5) is 12.1. The molecule has 0 saturated carbocycles. The monoisotopic (exact) mass is 329 g/mol. The Labute approximate surface area is 142 Å². The molecule has 0 atom stereocenters. The zero-order valence-corrected chi connectivity index (χ0v) is 14.5. The predicted molar refractivity (Wildman–Crippen MR) is 94.2 cm³/mol. The maximum absolute atomic E-state index is 12.1. The van der Waals surface area contributed by atoms with Crippen LogP contribution < -0.4 is 19.5 Å². The van der Waals surface area contributed by atoms with Crippen molar-refractivity contribution in [3.05, 3.63) is 47.5 Å². The number of hydrogen-bond acceptors (Lipinski definition) is 4. The number of carbonyl (C=O) groups excluding carboxylic acids is 1. The fourth-order valence-corrected chi connectivity index (χ4v) is 2.31. The molecule has 5 heteroatoms. The molecule has 2 rings (SSSR count). The summed E-state index contributed by atoms with van der Waals surface area (Å²) in [5, 5.41) is 2.80. The largest absolute Gasteiger partial charge is 0.493 e. The first kappa shape index (κ1) is 17.7. The van der Waals surface area contributed by atoms with E-state index in [4.69, 9.17) is 14.2 Å². The Morgan fingerprint density at radius 2 is 1.62 bits per heavy atom. The van der Waals surface area contributed by atoms with Crippen LogP contribution in [0.1, 0.15) is 18.1 Å². The highest BCUT2D eigenvalue weighted by Crippen LogP contribution is 2.38. The van der Waals surface area contributed by atoms with Gasteiger partial charge >= 0.3 is 0 Å². The van der Waals surface area contributed by atoms with Crippen LogP contribution in [0.15, 0.2) is 36.4 Å². The molecule has 0 bridgehead atoms. The number of hydrogen-bond donors (Lipinski definition) is 1. The average molecular weight is 329 g/mol. The van der Waals surface area contributed by atoms with E-state index in [2.05, 4.69) is 12.2 Å². The lowest BCUT2D eigenvalue weighted by atomic mass is 10.1. The smallest absolute Gasteiger partial charge is 0.262 e. The van der Waals surface area contributed by atoms with Gasteiger partial charge in [0.15, 0.2) is 18.1 Å². The standard InChI is InChI=1S/C19H23NO4/c1-5-14-6-8-15(9-7-14)20-18(21)12-24-19-16(22-3)10-13(2)11-17(19)23-4/h6-11H,5,12H2,1-4H3,(H,20,21). The lowest BCUT2D eigenvalue weighted by Crippen LogP contribution is -2.20. The third kappa shape index (κ3) is 4.41. The van der Waals surface area contributed by atoms with Gasteiger partial charge in [0.25, 0.3) is 5.91 Å². The summed E-state index contributed by atoms with van der Waals surface area (Å²) in [6.07, 6.45) is 0.963. The third-order valence-corrected chi connectivity index (χ3v) is 3.60. The van der Waals surface area contributed by atoms with Crippen LogP contribution in [0.2, 0.25) is 0 Å². The number of benzene rings is 2. The second-order valence-electron chi connectivity index (χ2n) is 5.39. The van der Waals surface area contributed by atoms with Gasteiger partial charge in [-0.3, -0.25) is 4.79 Å². The Kier molecular flexibility index (Phi) is 6.07. The van der Waals surface area contributed by atoms with Gasteiger partial charge in [-0.25, -0.2) is 0 Å². The molecule has 0 aliphatic rings. The maximum atomic E-state index is 12.1.